The average molecular weight is 484 g/mol. The van der Waals surface area contributed by atoms with Crippen molar-refractivity contribution in [2.24, 2.45) is 5.16 Å². The second-order valence-electron chi connectivity index (χ2n) is 7.93. The van der Waals surface area contributed by atoms with Crippen molar-refractivity contribution in [3.63, 3.8) is 0 Å². The summed E-state index contributed by atoms with van der Waals surface area (Å²) >= 11 is 6.65. The van der Waals surface area contributed by atoms with Gasteiger partial charge in [-0.1, -0.05) is 89.6 Å². The predicted molar refractivity (Wildman–Crippen MR) is 138 cm³/mol. The van der Waals surface area contributed by atoms with Crippen LogP contribution in [0.2, 0.25) is 5.02 Å². The first kappa shape index (κ1) is 22.7. The second kappa shape index (κ2) is 10.0. The molecule has 4 aromatic carbocycles. The number of ether oxygens (including phenoxy) is 2. The van der Waals surface area contributed by atoms with Crippen LogP contribution in [-0.4, -0.2) is 18.3 Å². The van der Waals surface area contributed by atoms with Crippen molar-refractivity contribution in [2.45, 2.75) is 13.5 Å². The molecule has 0 radical (unpaired) electrons. The van der Waals surface area contributed by atoms with Gasteiger partial charge in [0, 0.05) is 5.56 Å². The van der Waals surface area contributed by atoms with Crippen LogP contribution in [0.25, 0.3) is 16.8 Å². The molecular formula is C29H22ClNO4. The molecule has 174 valence electrons. The van der Waals surface area contributed by atoms with E-state index in [9.17, 15) is 4.79 Å². The molecule has 0 aromatic heterocycles. The number of oxime groups is 1. The van der Waals surface area contributed by atoms with E-state index in [4.69, 9.17) is 25.9 Å². The van der Waals surface area contributed by atoms with Crippen LogP contribution in [0.3, 0.4) is 0 Å². The highest BCUT2D eigenvalue weighted by atomic mass is 35.5. The minimum atomic E-state index is -0.519. The molecule has 0 N–H and O–H groups in total. The summed E-state index contributed by atoms with van der Waals surface area (Å²) in [6.45, 7) is 2.65. The van der Waals surface area contributed by atoms with Gasteiger partial charge < -0.3 is 14.3 Å². The fourth-order valence-corrected chi connectivity index (χ4v) is 4.30. The zero-order valence-electron chi connectivity index (χ0n) is 19.0. The molecule has 0 spiro atoms. The first-order valence-corrected chi connectivity index (χ1v) is 11.6. The van der Waals surface area contributed by atoms with Gasteiger partial charge in [-0.3, -0.25) is 0 Å². The van der Waals surface area contributed by atoms with Gasteiger partial charge in [-0.05, 0) is 47.0 Å². The third-order valence-corrected chi connectivity index (χ3v) is 5.92. The van der Waals surface area contributed by atoms with E-state index >= 15 is 0 Å². The molecule has 0 saturated heterocycles. The van der Waals surface area contributed by atoms with Gasteiger partial charge in [0.05, 0.1) is 17.2 Å². The summed E-state index contributed by atoms with van der Waals surface area (Å²) in [5.74, 6) is 0.431. The van der Waals surface area contributed by atoms with Crippen molar-refractivity contribution >= 4 is 40.1 Å². The predicted octanol–water partition coefficient (Wildman–Crippen LogP) is 6.82. The number of rotatable bonds is 7. The van der Waals surface area contributed by atoms with Gasteiger partial charge in [-0.25, -0.2) is 4.79 Å². The van der Waals surface area contributed by atoms with E-state index < -0.39 is 5.97 Å². The average Bonchev–Trinajstić information content (AvgIpc) is 3.24. The minimum absolute atomic E-state index is 0.332. The van der Waals surface area contributed by atoms with Crippen LogP contribution in [0.15, 0.2) is 95.7 Å². The third kappa shape index (κ3) is 4.77. The highest BCUT2D eigenvalue weighted by molar-refractivity contribution is 6.33. The Hall–Kier alpha value is -4.09. The molecule has 35 heavy (non-hydrogen) atoms. The molecule has 0 atom stereocenters. The third-order valence-electron chi connectivity index (χ3n) is 5.64. The van der Waals surface area contributed by atoms with Crippen LogP contribution >= 0.6 is 11.6 Å². The summed E-state index contributed by atoms with van der Waals surface area (Å²) in [6.07, 6.45) is 1.70. The van der Waals surface area contributed by atoms with Crippen molar-refractivity contribution in [1.82, 2.24) is 0 Å². The number of carbonyl (C=O) groups is 1. The fraction of sp³-hybridized carbons (Fsp3) is 0.103. The van der Waals surface area contributed by atoms with Gasteiger partial charge in [-0.2, -0.15) is 0 Å². The SMILES string of the molecule is CCOc1cc(/C=C2\C(=O)ON=C2c2ccccc2)cc(Cl)c1OCc1cccc2ccccc12. The Morgan fingerprint density at radius 1 is 0.943 bits per heavy atom. The Bertz CT molecular complexity index is 1460. The standard InChI is InChI=1S/C29H22ClNO4/c1-2-33-26-17-19(15-24-27(31-35-29(24)32)21-10-4-3-5-11-21)16-25(30)28(26)34-18-22-13-8-12-20-9-6-7-14-23(20)22/h3-17H,2,18H2,1H3/b24-15-. The van der Waals surface area contributed by atoms with Crippen LogP contribution in [-0.2, 0) is 16.2 Å². The molecule has 1 aliphatic rings. The quantitative estimate of drug-likeness (QED) is 0.214. The number of halogens is 1. The lowest BCUT2D eigenvalue weighted by Crippen LogP contribution is -2.07. The van der Waals surface area contributed by atoms with Crippen LogP contribution in [0.4, 0.5) is 0 Å². The van der Waals surface area contributed by atoms with E-state index in [-0.39, 0.29) is 0 Å². The smallest absolute Gasteiger partial charge is 0.368 e. The molecule has 0 unspecified atom stereocenters. The molecule has 0 fully saturated rings. The maximum atomic E-state index is 12.4. The van der Waals surface area contributed by atoms with Crippen molar-refractivity contribution in [3.8, 4) is 11.5 Å². The first-order valence-electron chi connectivity index (χ1n) is 11.3. The van der Waals surface area contributed by atoms with E-state index in [0.29, 0.717) is 46.6 Å². The van der Waals surface area contributed by atoms with Crippen molar-refractivity contribution in [1.29, 1.82) is 0 Å². The summed E-state index contributed by atoms with van der Waals surface area (Å²) in [6, 6.07) is 27.2. The lowest BCUT2D eigenvalue weighted by molar-refractivity contribution is -0.136. The van der Waals surface area contributed by atoms with Gasteiger partial charge in [0.15, 0.2) is 11.5 Å². The fourth-order valence-electron chi connectivity index (χ4n) is 4.02. The summed E-state index contributed by atoms with van der Waals surface area (Å²) in [4.78, 5) is 17.3. The van der Waals surface area contributed by atoms with Crippen LogP contribution in [0.5, 0.6) is 11.5 Å². The molecule has 1 aliphatic heterocycles. The normalized spacial score (nSPS) is 14.2. The van der Waals surface area contributed by atoms with Gasteiger partial charge in [0.1, 0.15) is 12.3 Å². The zero-order chi connectivity index (χ0) is 24.2. The summed E-state index contributed by atoms with van der Waals surface area (Å²) in [5.41, 5.74) is 3.33. The maximum absolute atomic E-state index is 12.4. The van der Waals surface area contributed by atoms with Gasteiger partial charge in [0.25, 0.3) is 0 Å². The Labute approximate surface area is 208 Å². The maximum Gasteiger partial charge on any atom is 0.368 e. The van der Waals surface area contributed by atoms with E-state index in [1.54, 1.807) is 18.2 Å². The van der Waals surface area contributed by atoms with Crippen LogP contribution in [0, 0.1) is 0 Å². The highest BCUT2D eigenvalue weighted by Gasteiger charge is 2.27. The zero-order valence-corrected chi connectivity index (χ0v) is 19.8. The van der Waals surface area contributed by atoms with Crippen molar-refractivity contribution < 1.29 is 19.1 Å². The summed E-state index contributed by atoms with van der Waals surface area (Å²) < 4.78 is 12.0. The van der Waals surface area contributed by atoms with Crippen molar-refractivity contribution in [3.05, 3.63) is 112 Å². The highest BCUT2D eigenvalue weighted by Crippen LogP contribution is 2.38. The molecule has 0 bridgehead atoms. The topological polar surface area (TPSA) is 57.1 Å². The molecule has 5 rings (SSSR count). The molecule has 0 aliphatic carbocycles. The Balaban J connectivity index is 1.46. The molecule has 4 aromatic rings. The minimum Gasteiger partial charge on any atom is -0.490 e. The summed E-state index contributed by atoms with van der Waals surface area (Å²) in [5, 5.41) is 6.61. The Morgan fingerprint density at radius 3 is 2.54 bits per heavy atom. The van der Waals surface area contributed by atoms with Crippen LogP contribution < -0.4 is 9.47 Å². The molecule has 5 nitrogen and oxygen atoms in total. The molecular weight excluding hydrogens is 462 g/mol. The number of benzene rings is 4. The monoisotopic (exact) mass is 483 g/mol. The van der Waals surface area contributed by atoms with Crippen molar-refractivity contribution in [2.75, 3.05) is 6.61 Å². The summed E-state index contributed by atoms with van der Waals surface area (Å²) in [7, 11) is 0. The van der Waals surface area contributed by atoms with E-state index in [1.807, 2.05) is 61.5 Å². The van der Waals surface area contributed by atoms with Gasteiger partial charge >= 0.3 is 5.97 Å². The Morgan fingerprint density at radius 2 is 1.71 bits per heavy atom. The number of nitrogens with zero attached hydrogens (tertiary/aromatic N) is 1. The lowest BCUT2D eigenvalue weighted by atomic mass is 10.0. The lowest BCUT2D eigenvalue weighted by Gasteiger charge is -2.15. The van der Waals surface area contributed by atoms with Crippen LogP contribution in [0.1, 0.15) is 23.6 Å². The number of hydrogen-bond donors (Lipinski definition) is 0. The molecule has 0 saturated carbocycles. The first-order chi connectivity index (χ1) is 17.1. The molecule has 6 heteroatoms. The Kier molecular flexibility index (Phi) is 6.51. The van der Waals surface area contributed by atoms with E-state index in [0.717, 1.165) is 21.9 Å². The number of carbonyl (C=O) groups excluding carboxylic acids is 1. The van der Waals surface area contributed by atoms with Gasteiger partial charge in [0.2, 0.25) is 0 Å². The molecule has 0 amide bonds. The second-order valence-corrected chi connectivity index (χ2v) is 8.34. The number of fused-ring (bicyclic) bond motifs is 1. The van der Waals surface area contributed by atoms with Gasteiger partial charge in [-0.15, -0.1) is 0 Å². The van der Waals surface area contributed by atoms with E-state index in [1.165, 1.54) is 0 Å². The largest absolute Gasteiger partial charge is 0.490 e. The number of hydrogen-bond acceptors (Lipinski definition) is 5. The van der Waals surface area contributed by atoms with E-state index in [2.05, 4.69) is 23.4 Å². The molecule has 1 heterocycles.